The van der Waals surface area contributed by atoms with Crippen LogP contribution in [0, 0.1) is 5.92 Å². The molecular formula is C22H23N3O5. The molecule has 30 heavy (non-hydrogen) atoms. The predicted molar refractivity (Wildman–Crippen MR) is 110 cm³/mol. The van der Waals surface area contributed by atoms with Gasteiger partial charge >= 0.3 is 6.03 Å². The van der Waals surface area contributed by atoms with E-state index in [9.17, 15) is 9.59 Å². The number of urea groups is 1. The first-order valence-corrected chi connectivity index (χ1v) is 10.2. The highest BCUT2D eigenvalue weighted by Gasteiger charge is 2.30. The number of nitrogens with zero attached hydrogens (tertiary/aromatic N) is 1. The molecule has 8 heteroatoms. The molecule has 0 unspecified atom stereocenters. The smallest absolute Gasteiger partial charge is 0.322 e. The van der Waals surface area contributed by atoms with E-state index >= 15 is 0 Å². The zero-order valence-corrected chi connectivity index (χ0v) is 16.5. The zero-order chi connectivity index (χ0) is 20.5. The first-order valence-electron chi connectivity index (χ1n) is 10.2. The van der Waals surface area contributed by atoms with Gasteiger partial charge in [-0.25, -0.2) is 4.79 Å². The number of carbonyl (C=O) groups is 2. The lowest BCUT2D eigenvalue weighted by Crippen LogP contribution is -2.36. The molecule has 0 atom stereocenters. The Morgan fingerprint density at radius 1 is 0.833 bits per heavy atom. The summed E-state index contributed by atoms with van der Waals surface area (Å²) in [6.07, 6.45) is 1.90. The second-order valence-electron chi connectivity index (χ2n) is 7.64. The van der Waals surface area contributed by atoms with Crippen molar-refractivity contribution in [1.29, 1.82) is 0 Å². The molecule has 0 bridgehead atoms. The molecule has 0 radical (unpaired) electrons. The van der Waals surface area contributed by atoms with E-state index in [-0.39, 0.29) is 17.9 Å². The predicted octanol–water partition coefficient (Wildman–Crippen LogP) is 3.23. The first-order chi connectivity index (χ1) is 14.7. The van der Waals surface area contributed by atoms with E-state index in [0.717, 1.165) is 29.8 Å². The average molecular weight is 409 g/mol. The number of ether oxygens (including phenoxy) is 3. The Bertz CT molecular complexity index is 989. The van der Waals surface area contributed by atoms with Crippen molar-refractivity contribution < 1.29 is 23.8 Å². The van der Waals surface area contributed by atoms with Crippen LogP contribution in [0.4, 0.5) is 16.2 Å². The molecule has 0 saturated heterocycles. The van der Waals surface area contributed by atoms with E-state index in [4.69, 9.17) is 14.2 Å². The summed E-state index contributed by atoms with van der Waals surface area (Å²) >= 11 is 0. The van der Waals surface area contributed by atoms with Crippen molar-refractivity contribution in [1.82, 2.24) is 4.90 Å². The number of rotatable bonds is 3. The van der Waals surface area contributed by atoms with Gasteiger partial charge in [0, 0.05) is 28.9 Å². The molecule has 3 aliphatic rings. The molecule has 1 fully saturated rings. The van der Waals surface area contributed by atoms with Gasteiger partial charge in [0.1, 0.15) is 25.6 Å². The summed E-state index contributed by atoms with van der Waals surface area (Å²) in [5.41, 5.74) is 2.22. The van der Waals surface area contributed by atoms with Crippen molar-refractivity contribution >= 4 is 23.3 Å². The van der Waals surface area contributed by atoms with E-state index in [2.05, 4.69) is 10.6 Å². The van der Waals surface area contributed by atoms with Crippen LogP contribution in [0.1, 0.15) is 18.4 Å². The third-order valence-corrected chi connectivity index (χ3v) is 5.34. The van der Waals surface area contributed by atoms with Crippen LogP contribution in [0.5, 0.6) is 17.2 Å². The highest BCUT2D eigenvalue weighted by atomic mass is 16.6. The fraction of sp³-hybridized carbons (Fsp3) is 0.364. The molecule has 2 aromatic rings. The average Bonchev–Trinajstić information content (AvgIpc) is 3.60. The lowest BCUT2D eigenvalue weighted by Gasteiger charge is -2.22. The number of hydrogen-bond donors (Lipinski definition) is 2. The van der Waals surface area contributed by atoms with Gasteiger partial charge in [-0.05, 0) is 43.2 Å². The monoisotopic (exact) mass is 409 g/mol. The van der Waals surface area contributed by atoms with Crippen molar-refractivity contribution in [2.24, 2.45) is 5.92 Å². The summed E-state index contributed by atoms with van der Waals surface area (Å²) in [5.74, 6) is 2.22. The topological polar surface area (TPSA) is 89.1 Å². The maximum Gasteiger partial charge on any atom is 0.322 e. The minimum absolute atomic E-state index is 0.0534. The van der Waals surface area contributed by atoms with Gasteiger partial charge in [0.2, 0.25) is 5.91 Å². The second kappa shape index (κ2) is 7.78. The molecule has 3 amide bonds. The fourth-order valence-corrected chi connectivity index (χ4v) is 3.56. The maximum atomic E-state index is 12.9. The largest absolute Gasteiger partial charge is 0.491 e. The zero-order valence-electron chi connectivity index (χ0n) is 16.5. The van der Waals surface area contributed by atoms with Crippen LogP contribution in [0.15, 0.2) is 36.4 Å². The number of benzene rings is 2. The molecule has 1 aliphatic carbocycles. The van der Waals surface area contributed by atoms with Gasteiger partial charge in [-0.2, -0.15) is 0 Å². The van der Waals surface area contributed by atoms with Gasteiger partial charge in [0.05, 0.1) is 13.1 Å². The Kier molecular flexibility index (Phi) is 4.82. The third kappa shape index (κ3) is 3.98. The van der Waals surface area contributed by atoms with Crippen molar-refractivity contribution in [2.45, 2.75) is 19.4 Å². The van der Waals surface area contributed by atoms with Gasteiger partial charge in [0.25, 0.3) is 0 Å². The van der Waals surface area contributed by atoms with Gasteiger partial charge in [-0.15, -0.1) is 0 Å². The highest BCUT2D eigenvalue weighted by molar-refractivity contribution is 5.94. The van der Waals surface area contributed by atoms with E-state index in [1.165, 1.54) is 0 Å². The van der Waals surface area contributed by atoms with Crippen LogP contribution in [0.2, 0.25) is 0 Å². The summed E-state index contributed by atoms with van der Waals surface area (Å²) in [6, 6.07) is 10.7. The van der Waals surface area contributed by atoms with Crippen LogP contribution in [-0.2, 0) is 11.3 Å². The third-order valence-electron chi connectivity index (χ3n) is 5.34. The highest BCUT2D eigenvalue weighted by Crippen LogP contribution is 2.33. The summed E-state index contributed by atoms with van der Waals surface area (Å²) in [5, 5.41) is 5.86. The van der Waals surface area contributed by atoms with Crippen LogP contribution in [0.25, 0.3) is 0 Å². The molecule has 0 spiro atoms. The van der Waals surface area contributed by atoms with Crippen LogP contribution in [-0.4, -0.2) is 43.2 Å². The van der Waals surface area contributed by atoms with Crippen molar-refractivity contribution in [2.75, 3.05) is 37.0 Å². The molecular weight excluding hydrogens is 386 g/mol. The fourth-order valence-electron chi connectivity index (χ4n) is 3.56. The van der Waals surface area contributed by atoms with E-state index in [1.54, 1.807) is 23.1 Å². The molecule has 2 heterocycles. The standard InChI is InChI=1S/C22H23N3O5/c26-21(14-1-2-14)23-16-3-5-18-15(11-16)13-25(7-8-28-18)22(27)24-17-4-6-19-20(12-17)30-10-9-29-19/h3-6,11-12,14H,1-2,7-10,13H2,(H,23,26)(H,24,27). The molecule has 0 aromatic heterocycles. The number of carbonyl (C=O) groups excluding carboxylic acids is 2. The Labute approximate surface area is 174 Å². The van der Waals surface area contributed by atoms with E-state index in [1.807, 2.05) is 18.2 Å². The summed E-state index contributed by atoms with van der Waals surface area (Å²) < 4.78 is 16.9. The Morgan fingerprint density at radius 2 is 1.53 bits per heavy atom. The Morgan fingerprint density at radius 3 is 2.33 bits per heavy atom. The van der Waals surface area contributed by atoms with Crippen molar-refractivity contribution in [3.05, 3.63) is 42.0 Å². The van der Waals surface area contributed by atoms with Gasteiger partial charge < -0.3 is 29.7 Å². The Hall–Kier alpha value is -3.42. The number of fused-ring (bicyclic) bond motifs is 2. The molecule has 156 valence electrons. The number of hydrogen-bond acceptors (Lipinski definition) is 5. The SMILES string of the molecule is O=C(Nc1ccc2c(c1)CN(C(=O)Nc1ccc3c(c1)OCCO3)CCO2)C1CC1. The number of anilines is 2. The van der Waals surface area contributed by atoms with Gasteiger partial charge in [-0.3, -0.25) is 4.79 Å². The van der Waals surface area contributed by atoms with Crippen molar-refractivity contribution in [3.63, 3.8) is 0 Å². The summed E-state index contributed by atoms with van der Waals surface area (Å²) in [4.78, 5) is 26.6. The minimum Gasteiger partial charge on any atom is -0.491 e. The number of amides is 3. The second-order valence-corrected chi connectivity index (χ2v) is 7.64. The lowest BCUT2D eigenvalue weighted by atomic mass is 10.1. The van der Waals surface area contributed by atoms with Crippen LogP contribution < -0.4 is 24.8 Å². The van der Waals surface area contributed by atoms with Crippen LogP contribution in [0.3, 0.4) is 0 Å². The first kappa shape index (κ1) is 18.6. The number of nitrogens with one attached hydrogen (secondary N) is 2. The normalized spacial score (nSPS) is 17.3. The molecule has 2 aromatic carbocycles. The van der Waals surface area contributed by atoms with Gasteiger partial charge in [0.15, 0.2) is 11.5 Å². The summed E-state index contributed by atoms with van der Waals surface area (Å²) in [7, 11) is 0. The maximum absolute atomic E-state index is 12.9. The molecule has 8 nitrogen and oxygen atoms in total. The summed E-state index contributed by atoms with van der Waals surface area (Å²) in [6.45, 7) is 2.25. The molecule has 5 rings (SSSR count). The van der Waals surface area contributed by atoms with Crippen LogP contribution >= 0.6 is 0 Å². The molecule has 2 aliphatic heterocycles. The van der Waals surface area contributed by atoms with E-state index < -0.39 is 0 Å². The quantitative estimate of drug-likeness (QED) is 0.813. The lowest BCUT2D eigenvalue weighted by molar-refractivity contribution is -0.117. The van der Waals surface area contributed by atoms with Gasteiger partial charge in [-0.1, -0.05) is 0 Å². The molecule has 2 N–H and O–H groups in total. The van der Waals surface area contributed by atoms with E-state index in [0.29, 0.717) is 50.1 Å². The Balaban J connectivity index is 1.28. The minimum atomic E-state index is -0.226. The molecule has 1 saturated carbocycles. The van der Waals surface area contributed by atoms with Crippen molar-refractivity contribution in [3.8, 4) is 17.2 Å².